The number of nitrogens with one attached hydrogen (secondary N) is 2. The van der Waals surface area contributed by atoms with Crippen molar-refractivity contribution in [1.29, 1.82) is 5.26 Å². The van der Waals surface area contributed by atoms with E-state index in [0.717, 1.165) is 17.3 Å². The maximum atomic E-state index is 12.9. The van der Waals surface area contributed by atoms with Gasteiger partial charge in [0, 0.05) is 21.4 Å². The van der Waals surface area contributed by atoms with Gasteiger partial charge in [-0.3, -0.25) is 4.79 Å². The fourth-order valence-corrected chi connectivity index (χ4v) is 4.85. The Balaban J connectivity index is 1.90. The van der Waals surface area contributed by atoms with Gasteiger partial charge in [0.05, 0.1) is 33.9 Å². The van der Waals surface area contributed by atoms with Gasteiger partial charge in [0.1, 0.15) is 6.61 Å². The highest BCUT2D eigenvalue weighted by atomic mass is 35.5. The van der Waals surface area contributed by atoms with Crippen molar-refractivity contribution in [3.63, 3.8) is 0 Å². The summed E-state index contributed by atoms with van der Waals surface area (Å²) in [4.78, 5) is 25.5. The fourth-order valence-electron chi connectivity index (χ4n) is 3.53. The molecule has 1 amide bonds. The number of amides is 1. The molecule has 2 aromatic carbocycles. The lowest BCUT2D eigenvalue weighted by Gasteiger charge is -2.29. The minimum Gasteiger partial charge on any atom is -0.458 e. The first-order valence-electron chi connectivity index (χ1n) is 10.6. The van der Waals surface area contributed by atoms with Gasteiger partial charge >= 0.3 is 5.97 Å². The molecule has 0 aromatic heterocycles. The Morgan fingerprint density at radius 3 is 2.63 bits per heavy atom. The lowest BCUT2D eigenvalue weighted by Crippen LogP contribution is -2.29. The first-order chi connectivity index (χ1) is 16.8. The second kappa shape index (κ2) is 12.0. The van der Waals surface area contributed by atoms with E-state index in [1.165, 1.54) is 6.08 Å². The fraction of sp³-hybridized carbons (Fsp3) is 0.192. The number of carbonyl (C=O) groups is 2. The van der Waals surface area contributed by atoms with Crippen molar-refractivity contribution in [2.45, 2.75) is 19.8 Å². The van der Waals surface area contributed by atoms with E-state index in [9.17, 15) is 14.9 Å². The molecule has 0 saturated carbocycles. The van der Waals surface area contributed by atoms with Crippen molar-refractivity contribution in [3.8, 4) is 6.07 Å². The number of nitrogens with zero attached hydrogens (tertiary/aromatic N) is 1. The number of rotatable bonds is 8. The molecular formula is C26H23Cl2N3O3S. The third kappa shape index (κ3) is 6.29. The van der Waals surface area contributed by atoms with Crippen molar-refractivity contribution >= 4 is 52.5 Å². The zero-order valence-corrected chi connectivity index (χ0v) is 21.5. The molecule has 6 nitrogen and oxygen atoms in total. The molecule has 2 N–H and O–H groups in total. The van der Waals surface area contributed by atoms with E-state index in [4.69, 9.17) is 27.9 Å². The summed E-state index contributed by atoms with van der Waals surface area (Å²) in [6, 6.07) is 14.5. The number of thioether (sulfide) groups is 1. The highest BCUT2D eigenvalue weighted by Gasteiger charge is 2.36. The van der Waals surface area contributed by atoms with Crippen molar-refractivity contribution in [2.24, 2.45) is 0 Å². The van der Waals surface area contributed by atoms with Gasteiger partial charge in [-0.1, -0.05) is 71.9 Å². The molecule has 0 saturated heterocycles. The van der Waals surface area contributed by atoms with Crippen LogP contribution in [0.15, 0.2) is 77.0 Å². The number of allylic oxidation sites excluding steroid dienone is 2. The molecule has 1 aliphatic rings. The Morgan fingerprint density at radius 2 is 1.97 bits per heavy atom. The van der Waals surface area contributed by atoms with Crippen LogP contribution < -0.4 is 10.6 Å². The SMILES string of the molecule is C=CCOC(=O)C1=C(C)NC(SCC(=O)Nc2ccc(C)c(Cl)c2)=C(C#N)[C@H]1c1ccccc1Cl. The number of halogens is 2. The third-order valence-corrected chi connectivity index (χ3v) is 6.99. The van der Waals surface area contributed by atoms with Gasteiger partial charge in [-0.2, -0.15) is 5.26 Å². The van der Waals surface area contributed by atoms with Crippen LogP contribution in [0.2, 0.25) is 10.0 Å². The number of benzene rings is 2. The molecule has 35 heavy (non-hydrogen) atoms. The predicted molar refractivity (Wildman–Crippen MR) is 141 cm³/mol. The van der Waals surface area contributed by atoms with Gasteiger partial charge < -0.3 is 15.4 Å². The van der Waals surface area contributed by atoms with Gasteiger partial charge in [0.2, 0.25) is 5.91 Å². The van der Waals surface area contributed by atoms with Crippen LogP contribution >= 0.6 is 35.0 Å². The second-order valence-corrected chi connectivity index (χ2v) is 9.46. The Kier molecular flexibility index (Phi) is 9.05. The quantitative estimate of drug-likeness (QED) is 0.318. The number of nitriles is 1. The standard InChI is InChI=1S/C26H23Cl2N3O3S/c1-4-11-34-26(33)23-16(3)30-25(19(13-29)24(23)18-7-5-6-8-20(18)27)35-14-22(32)31-17-10-9-15(2)21(28)12-17/h4-10,12,24,30H,1,11,14H2,2-3H3,(H,31,32)/t24-/m1/s1. The maximum Gasteiger partial charge on any atom is 0.337 e. The molecule has 0 radical (unpaired) electrons. The zero-order chi connectivity index (χ0) is 25.5. The van der Waals surface area contributed by atoms with Gasteiger partial charge in [0.15, 0.2) is 0 Å². The van der Waals surface area contributed by atoms with Crippen molar-refractivity contribution in [3.05, 3.63) is 98.2 Å². The van der Waals surface area contributed by atoms with E-state index in [2.05, 4.69) is 23.3 Å². The number of hydrogen-bond donors (Lipinski definition) is 2. The lowest BCUT2D eigenvalue weighted by atomic mass is 9.82. The lowest BCUT2D eigenvalue weighted by molar-refractivity contribution is -0.138. The van der Waals surface area contributed by atoms with Gasteiger partial charge in [0.25, 0.3) is 0 Å². The molecule has 0 fully saturated rings. The van der Waals surface area contributed by atoms with Crippen molar-refractivity contribution in [1.82, 2.24) is 5.32 Å². The molecule has 1 aliphatic heterocycles. The predicted octanol–water partition coefficient (Wildman–Crippen LogP) is 6.10. The van der Waals surface area contributed by atoms with Gasteiger partial charge in [-0.25, -0.2) is 4.79 Å². The second-order valence-electron chi connectivity index (χ2n) is 7.66. The number of ether oxygens (including phenoxy) is 1. The summed E-state index contributed by atoms with van der Waals surface area (Å²) in [6.45, 7) is 7.20. The topological polar surface area (TPSA) is 91.2 Å². The van der Waals surface area contributed by atoms with Crippen LogP contribution in [-0.2, 0) is 14.3 Å². The summed E-state index contributed by atoms with van der Waals surface area (Å²) < 4.78 is 5.29. The monoisotopic (exact) mass is 527 g/mol. The van der Waals surface area contributed by atoms with Crippen LogP contribution in [0.1, 0.15) is 24.0 Å². The number of aryl methyl sites for hydroxylation is 1. The summed E-state index contributed by atoms with van der Waals surface area (Å²) in [5.41, 5.74) is 3.13. The van der Waals surface area contributed by atoms with E-state index in [-0.39, 0.29) is 29.4 Å². The Labute approximate surface area is 218 Å². The molecule has 1 atom stereocenters. The molecule has 3 rings (SSSR count). The Bertz CT molecular complexity index is 1280. The Hall–Kier alpha value is -3.18. The molecular weight excluding hydrogens is 505 g/mol. The Morgan fingerprint density at radius 1 is 1.23 bits per heavy atom. The number of dihydropyridines is 1. The average molecular weight is 528 g/mol. The zero-order valence-electron chi connectivity index (χ0n) is 19.2. The first-order valence-corrected chi connectivity index (χ1v) is 12.3. The van der Waals surface area contributed by atoms with Crippen LogP contribution in [0.5, 0.6) is 0 Å². The molecule has 0 bridgehead atoms. The summed E-state index contributed by atoms with van der Waals surface area (Å²) in [5, 5.41) is 17.4. The average Bonchev–Trinajstić information content (AvgIpc) is 2.83. The number of anilines is 1. The number of esters is 1. The van der Waals surface area contributed by atoms with Gasteiger partial charge in [-0.05, 0) is 43.2 Å². The summed E-state index contributed by atoms with van der Waals surface area (Å²) in [7, 11) is 0. The van der Waals surface area contributed by atoms with E-state index in [1.807, 2.05) is 13.0 Å². The number of carbonyl (C=O) groups excluding carboxylic acids is 2. The molecule has 180 valence electrons. The maximum absolute atomic E-state index is 12.9. The van der Waals surface area contributed by atoms with Crippen LogP contribution in [-0.4, -0.2) is 24.2 Å². The van der Waals surface area contributed by atoms with Crippen molar-refractivity contribution < 1.29 is 14.3 Å². The molecule has 0 aliphatic carbocycles. The molecule has 0 spiro atoms. The smallest absolute Gasteiger partial charge is 0.337 e. The van der Waals surface area contributed by atoms with E-state index in [0.29, 0.717) is 32.0 Å². The summed E-state index contributed by atoms with van der Waals surface area (Å²) in [5.74, 6) is -1.58. The third-order valence-electron chi connectivity index (χ3n) is 5.22. The molecule has 1 heterocycles. The van der Waals surface area contributed by atoms with Crippen LogP contribution in [0.25, 0.3) is 0 Å². The van der Waals surface area contributed by atoms with Crippen LogP contribution in [0.3, 0.4) is 0 Å². The summed E-state index contributed by atoms with van der Waals surface area (Å²) >= 11 is 13.8. The molecule has 0 unspecified atom stereocenters. The van der Waals surface area contributed by atoms with Gasteiger partial charge in [-0.15, -0.1) is 0 Å². The van der Waals surface area contributed by atoms with Crippen molar-refractivity contribution in [2.75, 3.05) is 17.7 Å². The van der Waals surface area contributed by atoms with Crippen LogP contribution in [0, 0.1) is 18.3 Å². The first kappa shape index (κ1) is 26.4. The molecule has 9 heteroatoms. The normalized spacial score (nSPS) is 15.2. The minimum absolute atomic E-state index is 0.0256. The van der Waals surface area contributed by atoms with E-state index < -0.39 is 11.9 Å². The van der Waals surface area contributed by atoms with E-state index in [1.54, 1.807) is 43.3 Å². The number of hydrogen-bond acceptors (Lipinski definition) is 6. The largest absolute Gasteiger partial charge is 0.458 e. The molecule has 2 aromatic rings. The highest BCUT2D eigenvalue weighted by molar-refractivity contribution is 8.03. The summed E-state index contributed by atoms with van der Waals surface area (Å²) in [6.07, 6.45) is 1.47. The van der Waals surface area contributed by atoms with Crippen LogP contribution in [0.4, 0.5) is 5.69 Å². The highest BCUT2D eigenvalue weighted by Crippen LogP contribution is 2.43. The minimum atomic E-state index is -0.756. The van der Waals surface area contributed by atoms with E-state index >= 15 is 0 Å².